The molecule has 2 rings (SSSR count). The summed E-state index contributed by atoms with van der Waals surface area (Å²) >= 11 is 0. The Kier molecular flexibility index (Phi) is 1.93. The number of nitrogens with one attached hydrogen (secondary N) is 1. The van der Waals surface area contributed by atoms with Crippen molar-refractivity contribution in [2.75, 3.05) is 0 Å². The third-order valence-electron chi connectivity index (χ3n) is 2.98. The molecule has 1 aliphatic rings. The minimum Gasteiger partial charge on any atom is -0.322 e. The van der Waals surface area contributed by atoms with E-state index in [1.807, 2.05) is 29.7 Å². The van der Waals surface area contributed by atoms with E-state index < -0.39 is 0 Å². The fraction of sp³-hybridized carbons (Fsp3) is 0.333. The van der Waals surface area contributed by atoms with Crippen LogP contribution in [-0.4, -0.2) is 16.2 Å². The second-order valence-electron chi connectivity index (χ2n) is 4.43. The van der Waals surface area contributed by atoms with Crippen LogP contribution in [0, 0.1) is 5.41 Å². The van der Waals surface area contributed by atoms with Crippen molar-refractivity contribution in [1.82, 2.24) is 0 Å². The highest BCUT2D eigenvalue weighted by Crippen LogP contribution is 2.35. The smallest absolute Gasteiger partial charge is 0.262 e. The Morgan fingerprint density at radius 3 is 2.47 bits per heavy atom. The maximum absolute atomic E-state index is 8.10. The van der Waals surface area contributed by atoms with Crippen molar-refractivity contribution in [1.29, 1.82) is 5.41 Å². The molecule has 0 bridgehead atoms. The average molecular weight is 202 g/mol. The van der Waals surface area contributed by atoms with E-state index in [9.17, 15) is 0 Å². The Morgan fingerprint density at radius 1 is 1.33 bits per heavy atom. The van der Waals surface area contributed by atoms with Crippen molar-refractivity contribution in [3.05, 3.63) is 35.4 Å². The molecule has 1 aromatic carbocycles. The highest BCUT2D eigenvalue weighted by Gasteiger charge is 2.42. The lowest BCUT2D eigenvalue weighted by Gasteiger charge is -2.20. The van der Waals surface area contributed by atoms with Gasteiger partial charge in [-0.15, -0.1) is 0 Å². The molecule has 1 aromatic rings. The predicted molar refractivity (Wildman–Crippen MR) is 61.4 cm³/mol. The lowest BCUT2D eigenvalue weighted by molar-refractivity contribution is -0.499. The molecule has 0 saturated heterocycles. The molecule has 3 heteroatoms. The lowest BCUT2D eigenvalue weighted by Crippen LogP contribution is -2.37. The number of fused-ring (bicyclic) bond motifs is 1. The minimum atomic E-state index is -0.216. The van der Waals surface area contributed by atoms with Crippen LogP contribution in [0.25, 0.3) is 0 Å². The van der Waals surface area contributed by atoms with E-state index in [-0.39, 0.29) is 5.54 Å². The molecule has 78 valence electrons. The molecule has 0 amide bonds. The summed E-state index contributed by atoms with van der Waals surface area (Å²) in [5.74, 6) is 1.16. The summed E-state index contributed by atoms with van der Waals surface area (Å²) in [6.45, 7) is 6.01. The molecule has 0 spiro atoms. The fourth-order valence-electron chi connectivity index (χ4n) is 2.36. The Bertz CT molecular complexity index is 466. The fourth-order valence-corrected chi connectivity index (χ4v) is 2.36. The third-order valence-corrected chi connectivity index (χ3v) is 2.98. The largest absolute Gasteiger partial charge is 0.322 e. The highest BCUT2D eigenvalue weighted by molar-refractivity contribution is 5.98. The van der Waals surface area contributed by atoms with Gasteiger partial charge in [0.2, 0.25) is 0 Å². The predicted octanol–water partition coefficient (Wildman–Crippen LogP) is 1.65. The molecule has 0 atom stereocenters. The van der Waals surface area contributed by atoms with Gasteiger partial charge in [0.05, 0.1) is 5.56 Å². The number of rotatable bonds is 0. The van der Waals surface area contributed by atoms with Gasteiger partial charge in [-0.25, -0.2) is 4.58 Å². The summed E-state index contributed by atoms with van der Waals surface area (Å²) in [7, 11) is 0. The standard InChI is InChI=1S/C12H15N3/c1-8(13)15-11(14)9-6-4-5-7-10(9)12(15,2)3/h4-7,13-14H,1-3H3/p+1. The zero-order valence-corrected chi connectivity index (χ0v) is 9.33. The van der Waals surface area contributed by atoms with Crippen LogP contribution in [0.15, 0.2) is 24.3 Å². The van der Waals surface area contributed by atoms with Crippen LogP contribution in [0.2, 0.25) is 0 Å². The van der Waals surface area contributed by atoms with Crippen molar-refractivity contribution in [3.8, 4) is 0 Å². The molecule has 0 fully saturated rings. The van der Waals surface area contributed by atoms with Gasteiger partial charge in [-0.2, -0.15) is 5.41 Å². The van der Waals surface area contributed by atoms with Gasteiger partial charge >= 0.3 is 0 Å². The average Bonchev–Trinajstić information content (AvgIpc) is 2.36. The first-order valence-electron chi connectivity index (χ1n) is 5.04. The zero-order chi connectivity index (χ0) is 11.2. The summed E-state index contributed by atoms with van der Waals surface area (Å²) in [6.07, 6.45) is 0. The van der Waals surface area contributed by atoms with Gasteiger partial charge < -0.3 is 5.73 Å². The number of nitrogens with zero attached hydrogens (tertiary/aromatic N) is 1. The number of nitrogens with two attached hydrogens (primary N) is 1. The van der Waals surface area contributed by atoms with Gasteiger partial charge in [-0.1, -0.05) is 18.2 Å². The second-order valence-corrected chi connectivity index (χ2v) is 4.43. The molecule has 3 N–H and O–H groups in total. The van der Waals surface area contributed by atoms with E-state index >= 15 is 0 Å². The van der Waals surface area contributed by atoms with Gasteiger partial charge in [0, 0.05) is 12.5 Å². The Balaban J connectivity index is 2.77. The van der Waals surface area contributed by atoms with Gasteiger partial charge in [-0.3, -0.25) is 0 Å². The van der Waals surface area contributed by atoms with Crippen molar-refractivity contribution in [2.45, 2.75) is 26.3 Å². The summed E-state index contributed by atoms with van der Waals surface area (Å²) in [5.41, 5.74) is 7.77. The molecule has 0 aliphatic carbocycles. The molecule has 0 saturated carbocycles. The molecule has 1 aliphatic heterocycles. The quantitative estimate of drug-likeness (QED) is 0.488. The Morgan fingerprint density at radius 2 is 1.93 bits per heavy atom. The maximum atomic E-state index is 8.10. The molecule has 0 radical (unpaired) electrons. The topological polar surface area (TPSA) is 52.9 Å². The van der Waals surface area contributed by atoms with Crippen LogP contribution in [0.4, 0.5) is 0 Å². The van der Waals surface area contributed by atoms with Crippen LogP contribution in [0.3, 0.4) is 0 Å². The van der Waals surface area contributed by atoms with Crippen molar-refractivity contribution >= 4 is 11.7 Å². The zero-order valence-electron chi connectivity index (χ0n) is 9.33. The molecule has 0 aromatic heterocycles. The lowest BCUT2D eigenvalue weighted by atomic mass is 9.94. The van der Waals surface area contributed by atoms with E-state index in [1.165, 1.54) is 5.56 Å². The number of hydrogen-bond acceptors (Lipinski definition) is 1. The van der Waals surface area contributed by atoms with E-state index in [0.29, 0.717) is 11.7 Å². The first-order valence-corrected chi connectivity index (χ1v) is 5.04. The number of amidine groups is 2. The normalized spacial score (nSPS) is 21.4. The number of hydrogen-bond donors (Lipinski definition) is 2. The SMILES string of the molecule is CC(N)=[N+]1C(=N)c2ccccc2C1(C)C. The van der Waals surface area contributed by atoms with Crippen LogP contribution < -0.4 is 5.73 Å². The van der Waals surface area contributed by atoms with Crippen molar-refractivity contribution in [2.24, 2.45) is 5.73 Å². The first-order chi connectivity index (χ1) is 6.96. The molecular formula is C12H16N3+. The molecule has 1 heterocycles. The summed E-state index contributed by atoms with van der Waals surface area (Å²) < 4.78 is 1.87. The Labute approximate surface area is 89.7 Å². The van der Waals surface area contributed by atoms with Crippen LogP contribution in [0.5, 0.6) is 0 Å². The summed E-state index contributed by atoms with van der Waals surface area (Å²) in [5, 5.41) is 8.10. The minimum absolute atomic E-state index is 0.216. The third kappa shape index (κ3) is 1.19. The van der Waals surface area contributed by atoms with Gasteiger partial charge in [-0.05, 0) is 19.9 Å². The molecular weight excluding hydrogens is 186 g/mol. The van der Waals surface area contributed by atoms with E-state index in [0.717, 1.165) is 5.56 Å². The first kappa shape index (κ1) is 9.90. The van der Waals surface area contributed by atoms with Crippen LogP contribution in [-0.2, 0) is 5.54 Å². The van der Waals surface area contributed by atoms with Gasteiger partial charge in [0.1, 0.15) is 5.54 Å². The second kappa shape index (κ2) is 2.92. The highest BCUT2D eigenvalue weighted by atomic mass is 15.2. The molecule has 3 nitrogen and oxygen atoms in total. The summed E-state index contributed by atoms with van der Waals surface area (Å²) in [6, 6.07) is 8.00. The molecule has 0 unspecified atom stereocenters. The monoisotopic (exact) mass is 202 g/mol. The maximum Gasteiger partial charge on any atom is 0.262 e. The summed E-state index contributed by atoms with van der Waals surface area (Å²) in [4.78, 5) is 0. The van der Waals surface area contributed by atoms with E-state index in [1.54, 1.807) is 0 Å². The van der Waals surface area contributed by atoms with Crippen molar-refractivity contribution < 1.29 is 4.58 Å². The van der Waals surface area contributed by atoms with Gasteiger partial charge in [0.15, 0.2) is 5.84 Å². The Hall–Kier alpha value is -1.64. The van der Waals surface area contributed by atoms with Crippen molar-refractivity contribution in [3.63, 3.8) is 0 Å². The van der Waals surface area contributed by atoms with E-state index in [2.05, 4.69) is 19.9 Å². The van der Waals surface area contributed by atoms with Crippen LogP contribution in [0.1, 0.15) is 31.9 Å². The van der Waals surface area contributed by atoms with Crippen LogP contribution >= 0.6 is 0 Å². The number of benzene rings is 1. The van der Waals surface area contributed by atoms with E-state index in [4.69, 9.17) is 11.1 Å². The molecule has 15 heavy (non-hydrogen) atoms. The van der Waals surface area contributed by atoms with Gasteiger partial charge in [0.25, 0.3) is 5.84 Å².